The maximum atomic E-state index is 6.24. The van der Waals surface area contributed by atoms with Gasteiger partial charge in [0.1, 0.15) is 0 Å². The van der Waals surface area contributed by atoms with E-state index in [1.165, 1.54) is 38.5 Å². The average molecular weight is 215 g/mol. The van der Waals surface area contributed by atoms with Crippen LogP contribution in [0.15, 0.2) is 24.3 Å². The van der Waals surface area contributed by atoms with Crippen LogP contribution in [-0.4, -0.2) is 6.04 Å². The van der Waals surface area contributed by atoms with E-state index in [4.69, 9.17) is 5.73 Å². The molecule has 1 aromatic rings. The fourth-order valence-corrected chi connectivity index (χ4v) is 3.31. The van der Waals surface area contributed by atoms with E-state index < -0.39 is 0 Å². The molecule has 2 saturated carbocycles. The Morgan fingerprint density at radius 2 is 1.56 bits per heavy atom. The van der Waals surface area contributed by atoms with E-state index in [1.54, 1.807) is 11.1 Å². The maximum absolute atomic E-state index is 6.24. The van der Waals surface area contributed by atoms with Gasteiger partial charge in [0.15, 0.2) is 0 Å². The van der Waals surface area contributed by atoms with Crippen molar-refractivity contribution in [3.05, 3.63) is 35.4 Å². The van der Waals surface area contributed by atoms with E-state index in [0.29, 0.717) is 12.0 Å². The van der Waals surface area contributed by atoms with Crippen LogP contribution in [0.1, 0.15) is 61.5 Å². The molecule has 0 aromatic heterocycles. The molecule has 86 valence electrons. The summed E-state index contributed by atoms with van der Waals surface area (Å²) < 4.78 is 0. The average Bonchev–Trinajstić information content (AvgIpc) is 2.63. The highest BCUT2D eigenvalue weighted by Crippen LogP contribution is 2.43. The second kappa shape index (κ2) is 4.21. The van der Waals surface area contributed by atoms with Crippen molar-refractivity contribution in [1.29, 1.82) is 0 Å². The van der Waals surface area contributed by atoms with Crippen molar-refractivity contribution in [3.63, 3.8) is 0 Å². The van der Waals surface area contributed by atoms with Gasteiger partial charge in [-0.3, -0.25) is 0 Å². The molecule has 3 rings (SSSR count). The summed E-state index contributed by atoms with van der Waals surface area (Å²) >= 11 is 0. The van der Waals surface area contributed by atoms with E-state index in [-0.39, 0.29) is 0 Å². The summed E-state index contributed by atoms with van der Waals surface area (Å²) in [6.45, 7) is 0. The van der Waals surface area contributed by atoms with Crippen LogP contribution >= 0.6 is 0 Å². The highest BCUT2D eigenvalue weighted by molar-refractivity contribution is 5.36. The van der Waals surface area contributed by atoms with Crippen molar-refractivity contribution < 1.29 is 0 Å². The summed E-state index contributed by atoms with van der Waals surface area (Å²) in [4.78, 5) is 0. The molecule has 2 fully saturated rings. The molecule has 2 unspecified atom stereocenters. The lowest BCUT2D eigenvalue weighted by atomic mass is 9.75. The maximum Gasteiger partial charge on any atom is 0.0108 e. The van der Waals surface area contributed by atoms with Gasteiger partial charge in [-0.25, -0.2) is 0 Å². The molecule has 1 heteroatoms. The van der Waals surface area contributed by atoms with Crippen molar-refractivity contribution in [2.24, 2.45) is 5.73 Å². The first-order valence-corrected chi connectivity index (χ1v) is 6.70. The molecule has 0 amide bonds. The van der Waals surface area contributed by atoms with Crippen molar-refractivity contribution >= 4 is 0 Å². The van der Waals surface area contributed by atoms with Crippen molar-refractivity contribution in [1.82, 2.24) is 0 Å². The summed E-state index contributed by atoms with van der Waals surface area (Å²) in [5.41, 5.74) is 9.41. The second-order valence-corrected chi connectivity index (χ2v) is 5.46. The highest BCUT2D eigenvalue weighted by Gasteiger charge is 2.30. The van der Waals surface area contributed by atoms with Crippen LogP contribution in [0.25, 0.3) is 0 Å². The molecular weight excluding hydrogens is 194 g/mol. The fraction of sp³-hybridized carbons (Fsp3) is 0.600. The van der Waals surface area contributed by atoms with Gasteiger partial charge in [0.2, 0.25) is 0 Å². The van der Waals surface area contributed by atoms with Crippen molar-refractivity contribution in [2.75, 3.05) is 0 Å². The minimum absolute atomic E-state index is 0.404. The molecule has 2 aliphatic carbocycles. The zero-order valence-corrected chi connectivity index (χ0v) is 9.86. The van der Waals surface area contributed by atoms with Gasteiger partial charge in [-0.05, 0) is 48.6 Å². The summed E-state index contributed by atoms with van der Waals surface area (Å²) in [6, 6.07) is 9.44. The normalized spacial score (nSPS) is 30.3. The van der Waals surface area contributed by atoms with Gasteiger partial charge in [0.05, 0.1) is 0 Å². The molecular formula is C15H21N. The third kappa shape index (κ3) is 1.67. The molecule has 1 aromatic carbocycles. The molecule has 0 heterocycles. The fourth-order valence-electron chi connectivity index (χ4n) is 3.31. The standard InChI is InChI=1S/C15H21N/c16-15-10-4-9-14(15)13-8-2-1-7-12(13)11-5-3-6-11/h1-2,7-8,11,14-15H,3-6,9-10,16H2. The topological polar surface area (TPSA) is 26.0 Å². The molecule has 0 aliphatic heterocycles. The predicted octanol–water partition coefficient (Wildman–Crippen LogP) is 3.55. The summed E-state index contributed by atoms with van der Waals surface area (Å²) in [5.74, 6) is 1.47. The van der Waals surface area contributed by atoms with E-state index >= 15 is 0 Å². The lowest BCUT2D eigenvalue weighted by Crippen LogP contribution is -2.24. The minimum Gasteiger partial charge on any atom is -0.327 e. The molecule has 2 aliphatic rings. The van der Waals surface area contributed by atoms with Gasteiger partial charge in [-0.2, -0.15) is 0 Å². The lowest BCUT2D eigenvalue weighted by molar-refractivity contribution is 0.413. The van der Waals surface area contributed by atoms with Crippen LogP contribution < -0.4 is 5.73 Å². The van der Waals surface area contributed by atoms with E-state index in [1.807, 2.05) is 0 Å². The quantitative estimate of drug-likeness (QED) is 0.802. The third-order valence-electron chi connectivity index (χ3n) is 4.51. The molecule has 1 nitrogen and oxygen atoms in total. The summed E-state index contributed by atoms with van der Waals surface area (Å²) in [7, 11) is 0. The lowest BCUT2D eigenvalue weighted by Gasteiger charge is -2.30. The largest absolute Gasteiger partial charge is 0.327 e. The number of nitrogens with two attached hydrogens (primary N) is 1. The van der Waals surface area contributed by atoms with Gasteiger partial charge in [0, 0.05) is 6.04 Å². The second-order valence-electron chi connectivity index (χ2n) is 5.46. The van der Waals surface area contributed by atoms with Crippen LogP contribution in [0, 0.1) is 0 Å². The first-order chi connectivity index (χ1) is 7.86. The van der Waals surface area contributed by atoms with Crippen LogP contribution in [0.4, 0.5) is 0 Å². The Bertz CT molecular complexity index is 367. The number of rotatable bonds is 2. The zero-order chi connectivity index (χ0) is 11.0. The van der Waals surface area contributed by atoms with Gasteiger partial charge >= 0.3 is 0 Å². The van der Waals surface area contributed by atoms with Gasteiger partial charge < -0.3 is 5.73 Å². The Kier molecular flexibility index (Phi) is 2.72. The summed E-state index contributed by atoms with van der Waals surface area (Å²) in [5, 5.41) is 0. The Morgan fingerprint density at radius 1 is 0.875 bits per heavy atom. The van der Waals surface area contributed by atoms with Crippen LogP contribution in [0.5, 0.6) is 0 Å². The Morgan fingerprint density at radius 3 is 2.12 bits per heavy atom. The predicted molar refractivity (Wildman–Crippen MR) is 67.6 cm³/mol. The highest BCUT2D eigenvalue weighted by atomic mass is 14.7. The number of benzene rings is 1. The smallest absolute Gasteiger partial charge is 0.0108 e. The molecule has 0 saturated heterocycles. The van der Waals surface area contributed by atoms with E-state index in [2.05, 4.69) is 24.3 Å². The third-order valence-corrected chi connectivity index (χ3v) is 4.51. The zero-order valence-electron chi connectivity index (χ0n) is 9.86. The molecule has 16 heavy (non-hydrogen) atoms. The summed E-state index contributed by atoms with van der Waals surface area (Å²) in [6.07, 6.45) is 8.01. The van der Waals surface area contributed by atoms with Crippen LogP contribution in [0.3, 0.4) is 0 Å². The SMILES string of the molecule is NC1CCCC1c1ccccc1C1CCC1. The van der Waals surface area contributed by atoms with Crippen molar-refractivity contribution in [2.45, 2.75) is 56.4 Å². The number of hydrogen-bond acceptors (Lipinski definition) is 1. The molecule has 2 atom stereocenters. The van der Waals surface area contributed by atoms with Gasteiger partial charge in [0.25, 0.3) is 0 Å². The van der Waals surface area contributed by atoms with Crippen LogP contribution in [-0.2, 0) is 0 Å². The molecule has 2 N–H and O–H groups in total. The first-order valence-electron chi connectivity index (χ1n) is 6.70. The van der Waals surface area contributed by atoms with Crippen molar-refractivity contribution in [3.8, 4) is 0 Å². The van der Waals surface area contributed by atoms with Gasteiger partial charge in [-0.1, -0.05) is 37.1 Å². The minimum atomic E-state index is 0.404. The Labute approximate surface area is 98.0 Å². The number of hydrogen-bond donors (Lipinski definition) is 1. The molecule has 0 radical (unpaired) electrons. The monoisotopic (exact) mass is 215 g/mol. The van der Waals surface area contributed by atoms with Crippen LogP contribution in [0.2, 0.25) is 0 Å². The van der Waals surface area contributed by atoms with Gasteiger partial charge in [-0.15, -0.1) is 0 Å². The first kappa shape index (κ1) is 10.3. The Balaban J connectivity index is 1.92. The molecule has 0 bridgehead atoms. The van der Waals surface area contributed by atoms with E-state index in [9.17, 15) is 0 Å². The Hall–Kier alpha value is -0.820. The molecule has 0 spiro atoms. The van der Waals surface area contributed by atoms with E-state index in [0.717, 1.165) is 5.92 Å².